The van der Waals surface area contributed by atoms with Gasteiger partial charge in [0, 0.05) is 19.6 Å². The topological polar surface area (TPSA) is 183 Å². The van der Waals surface area contributed by atoms with Crippen LogP contribution in [0.25, 0.3) is 0 Å². The van der Waals surface area contributed by atoms with Gasteiger partial charge in [-0.25, -0.2) is 13.1 Å². The highest BCUT2D eigenvalue weighted by Gasteiger charge is 2.39. The van der Waals surface area contributed by atoms with Gasteiger partial charge in [0.25, 0.3) is 0 Å². The number of hydrogen-bond donors (Lipinski definition) is 6. The minimum absolute atomic E-state index is 0.0742. The summed E-state index contributed by atoms with van der Waals surface area (Å²) in [4.78, 5) is 17.5. The number of likely N-dealkylation sites (tertiary alicyclic amines) is 1. The Hall–Kier alpha value is -2.41. The number of guanidine groups is 1. The van der Waals surface area contributed by atoms with Crippen molar-refractivity contribution in [2.75, 3.05) is 25.0 Å². The van der Waals surface area contributed by atoms with E-state index < -0.39 is 34.3 Å². The van der Waals surface area contributed by atoms with Crippen LogP contribution >= 0.6 is 0 Å². The van der Waals surface area contributed by atoms with E-state index in [9.17, 15) is 23.4 Å². The molecule has 0 bridgehead atoms. The van der Waals surface area contributed by atoms with E-state index in [1.54, 1.807) is 6.07 Å². The molecular weight excluding hydrogens is 472 g/mol. The Bertz CT molecular complexity index is 1030. The number of benzene rings is 1. The number of aliphatic hydroxyl groups excluding tert-OH is 1. The minimum Gasteiger partial charge on any atom is -0.480 e. The van der Waals surface area contributed by atoms with E-state index in [1.807, 2.05) is 13.0 Å². The number of para-hydroxylation sites is 1. The maximum Gasteiger partial charge on any atom is 0.321 e. The van der Waals surface area contributed by atoms with E-state index in [0.717, 1.165) is 12.0 Å². The zero-order valence-electron chi connectivity index (χ0n) is 20.4. The van der Waals surface area contributed by atoms with Gasteiger partial charge in [-0.1, -0.05) is 26.0 Å². The van der Waals surface area contributed by atoms with E-state index in [4.69, 9.17) is 11.5 Å². The second kappa shape index (κ2) is 11.5. The molecule has 0 unspecified atom stereocenters. The average Bonchev–Trinajstić information content (AvgIpc) is 2.79. The summed E-state index contributed by atoms with van der Waals surface area (Å²) < 4.78 is 29.7. The maximum atomic E-state index is 13.5. The third-order valence-electron chi connectivity index (χ3n) is 6.76. The normalized spacial score (nSPS) is 24.6. The lowest BCUT2D eigenvalue weighted by molar-refractivity contribution is -0.153. The van der Waals surface area contributed by atoms with E-state index in [1.165, 1.54) is 11.0 Å². The summed E-state index contributed by atoms with van der Waals surface area (Å²) in [6.45, 7) is 5.34. The number of nitrogens with zero attached hydrogens (tertiary/aromatic N) is 2. The zero-order chi connectivity index (χ0) is 25.8. The number of anilines is 1. The highest BCUT2D eigenvalue weighted by molar-refractivity contribution is 7.89. The molecule has 1 aromatic carbocycles. The summed E-state index contributed by atoms with van der Waals surface area (Å²) in [6.07, 6.45) is 1.14. The van der Waals surface area contributed by atoms with Crippen molar-refractivity contribution in [3.63, 3.8) is 0 Å². The van der Waals surface area contributed by atoms with Crippen LogP contribution in [0.3, 0.4) is 0 Å². The van der Waals surface area contributed by atoms with Crippen molar-refractivity contribution in [3.8, 4) is 0 Å². The number of carboxylic acid groups (broad SMARTS) is 1. The monoisotopic (exact) mass is 510 g/mol. The quantitative estimate of drug-likeness (QED) is 0.148. The molecular formula is C23H38N6O5S. The molecule has 2 aliphatic rings. The van der Waals surface area contributed by atoms with Gasteiger partial charge in [-0.05, 0) is 55.6 Å². The van der Waals surface area contributed by atoms with Crippen LogP contribution in [0.1, 0.15) is 45.1 Å². The van der Waals surface area contributed by atoms with Gasteiger partial charge in [-0.3, -0.25) is 14.7 Å². The molecule has 2 aliphatic heterocycles. The Kier molecular flexibility index (Phi) is 8.97. The van der Waals surface area contributed by atoms with Crippen molar-refractivity contribution in [3.05, 3.63) is 23.8 Å². The fourth-order valence-corrected chi connectivity index (χ4v) is 6.39. The smallest absolute Gasteiger partial charge is 0.321 e. The molecule has 5 atom stereocenters. The number of rotatable bonds is 10. The van der Waals surface area contributed by atoms with Crippen LogP contribution in [-0.2, 0) is 21.2 Å². The first-order valence-corrected chi connectivity index (χ1v) is 13.6. The van der Waals surface area contributed by atoms with E-state index in [-0.39, 0.29) is 29.7 Å². The summed E-state index contributed by atoms with van der Waals surface area (Å²) >= 11 is 0. The lowest BCUT2D eigenvalue weighted by Crippen LogP contribution is -2.59. The van der Waals surface area contributed by atoms with Gasteiger partial charge in [-0.2, -0.15) is 0 Å². The van der Waals surface area contributed by atoms with Crippen molar-refractivity contribution in [2.45, 2.75) is 69.2 Å². The van der Waals surface area contributed by atoms with Crippen molar-refractivity contribution < 1.29 is 23.4 Å². The second-order valence-electron chi connectivity index (χ2n) is 9.79. The molecule has 3 rings (SSSR count). The van der Waals surface area contributed by atoms with Gasteiger partial charge in [-0.15, -0.1) is 0 Å². The average molecular weight is 511 g/mol. The molecule has 35 heavy (non-hydrogen) atoms. The standard InChI is InChI=1S/C23H38N6O5S/c1-14-8-10-29(18(12-14)22(31)32)21(30)17(6-4-9-26-23(24)25)28-35(33,34)19-7-3-5-16-11-15(2)13-27-20(16)19/h3,5,7,14-15,17-18,21,27-28,30H,4,6,8-13H2,1-2H3,(H,31,32)(H4,24,25,26)/t14-,15-,17+,18-,21-/m1/s1. The first kappa shape index (κ1) is 27.2. The van der Waals surface area contributed by atoms with Crippen molar-refractivity contribution >= 4 is 27.6 Å². The van der Waals surface area contributed by atoms with Gasteiger partial charge in [0.05, 0.1) is 11.7 Å². The lowest BCUT2D eigenvalue weighted by atomic mass is 9.91. The second-order valence-corrected chi connectivity index (χ2v) is 11.5. The number of aliphatic imine (C=N–C) groups is 1. The fraction of sp³-hybridized carbons (Fsp3) is 0.652. The number of nitrogens with one attached hydrogen (secondary N) is 2. The molecule has 0 radical (unpaired) electrons. The Labute approximate surface area is 207 Å². The third-order valence-corrected chi connectivity index (χ3v) is 8.29. The first-order valence-electron chi connectivity index (χ1n) is 12.1. The van der Waals surface area contributed by atoms with Crippen LogP contribution in [0.5, 0.6) is 0 Å². The van der Waals surface area contributed by atoms with E-state index >= 15 is 0 Å². The van der Waals surface area contributed by atoms with Crippen LogP contribution in [0.15, 0.2) is 28.1 Å². The summed E-state index contributed by atoms with van der Waals surface area (Å²) in [7, 11) is -4.04. The number of aliphatic carboxylic acids is 1. The Balaban J connectivity index is 1.87. The molecule has 11 nitrogen and oxygen atoms in total. The zero-order valence-corrected chi connectivity index (χ0v) is 21.2. The third kappa shape index (κ3) is 6.84. The first-order chi connectivity index (χ1) is 16.5. The van der Waals surface area contributed by atoms with Crippen LogP contribution in [0.4, 0.5) is 5.69 Å². The number of piperidine rings is 1. The fourth-order valence-electron chi connectivity index (χ4n) is 4.90. The van der Waals surface area contributed by atoms with Gasteiger partial charge in [0.1, 0.15) is 17.2 Å². The highest BCUT2D eigenvalue weighted by atomic mass is 32.2. The van der Waals surface area contributed by atoms with Crippen molar-refractivity contribution in [2.24, 2.45) is 28.3 Å². The molecule has 12 heteroatoms. The number of carboxylic acids is 1. The van der Waals surface area contributed by atoms with Crippen LogP contribution in [0, 0.1) is 11.8 Å². The Morgan fingerprint density at radius 1 is 1.31 bits per heavy atom. The predicted molar refractivity (Wildman–Crippen MR) is 134 cm³/mol. The van der Waals surface area contributed by atoms with Crippen LogP contribution in [0.2, 0.25) is 0 Å². The van der Waals surface area contributed by atoms with Gasteiger partial charge in [0.2, 0.25) is 10.0 Å². The number of aliphatic hydroxyl groups is 1. The molecule has 0 aromatic heterocycles. The number of sulfonamides is 1. The maximum absolute atomic E-state index is 13.5. The molecule has 1 fully saturated rings. The largest absolute Gasteiger partial charge is 0.480 e. The Morgan fingerprint density at radius 2 is 2.06 bits per heavy atom. The highest BCUT2D eigenvalue weighted by Crippen LogP contribution is 2.32. The molecule has 0 spiro atoms. The molecule has 196 valence electrons. The van der Waals surface area contributed by atoms with Gasteiger partial charge >= 0.3 is 5.97 Å². The molecule has 0 aliphatic carbocycles. The summed E-state index contributed by atoms with van der Waals surface area (Å²) in [5.41, 5.74) is 12.3. The number of fused-ring (bicyclic) bond motifs is 1. The lowest BCUT2D eigenvalue weighted by Gasteiger charge is -2.41. The molecule has 1 saturated heterocycles. The summed E-state index contributed by atoms with van der Waals surface area (Å²) in [5.74, 6) is -0.531. The number of hydrogen-bond acceptors (Lipinski definition) is 7. The SMILES string of the molecule is C[C@@H]1CCN([C@H](O)[C@H](CCCN=C(N)N)NS(=O)(=O)c2cccc3c2NC[C@H](C)C3)[C@@H](C(=O)O)C1. The molecule has 0 saturated carbocycles. The molecule has 0 amide bonds. The predicted octanol–water partition coefficient (Wildman–Crippen LogP) is 0.495. The van der Waals surface area contributed by atoms with E-state index in [0.29, 0.717) is 44.0 Å². The summed E-state index contributed by atoms with van der Waals surface area (Å²) in [6, 6.07) is 3.30. The van der Waals surface area contributed by atoms with Crippen molar-refractivity contribution in [1.29, 1.82) is 0 Å². The van der Waals surface area contributed by atoms with Gasteiger partial charge < -0.3 is 27.0 Å². The summed E-state index contributed by atoms with van der Waals surface area (Å²) in [5, 5.41) is 24.2. The van der Waals surface area contributed by atoms with Crippen LogP contribution < -0.4 is 21.5 Å². The van der Waals surface area contributed by atoms with Crippen LogP contribution in [-0.4, -0.2) is 73.4 Å². The van der Waals surface area contributed by atoms with Gasteiger partial charge in [0.15, 0.2) is 5.96 Å². The minimum atomic E-state index is -4.04. The Morgan fingerprint density at radius 3 is 2.74 bits per heavy atom. The number of carbonyl (C=O) groups is 1. The van der Waals surface area contributed by atoms with Crippen molar-refractivity contribution in [1.82, 2.24) is 9.62 Å². The number of nitrogens with two attached hydrogens (primary N) is 2. The van der Waals surface area contributed by atoms with E-state index in [2.05, 4.69) is 22.0 Å². The molecule has 1 aromatic rings. The molecule has 8 N–H and O–H groups in total. The molecule has 2 heterocycles.